The summed E-state index contributed by atoms with van der Waals surface area (Å²) in [5.41, 5.74) is 0.436. The normalized spacial score (nSPS) is 12.5. The molecule has 7 heteroatoms. The van der Waals surface area contributed by atoms with Gasteiger partial charge in [0.1, 0.15) is 17.6 Å². The molecule has 0 radical (unpaired) electrons. The van der Waals surface area contributed by atoms with Crippen LogP contribution in [0.5, 0.6) is 5.75 Å². The SMILES string of the molecule is O=C(N[C@@H](c1ccc(F)cc1)C(Cl)(Cl)Cl)Oc1ccccc1. The maximum atomic E-state index is 13.0. The molecule has 2 aromatic rings. The Morgan fingerprint density at radius 1 is 1.05 bits per heavy atom. The standard InChI is InChI=1S/C15H11Cl3FNO2/c16-15(17,18)13(10-6-8-11(19)9-7-10)20-14(21)22-12-4-2-1-3-5-12/h1-9,13H,(H,20,21)/t13-/m0/s1. The fourth-order valence-electron chi connectivity index (χ4n) is 1.75. The van der Waals surface area contributed by atoms with Gasteiger partial charge in [-0.3, -0.25) is 0 Å². The van der Waals surface area contributed by atoms with Gasteiger partial charge in [-0.05, 0) is 29.8 Å². The zero-order valence-electron chi connectivity index (χ0n) is 11.1. The van der Waals surface area contributed by atoms with E-state index >= 15 is 0 Å². The van der Waals surface area contributed by atoms with Crippen molar-refractivity contribution < 1.29 is 13.9 Å². The molecule has 3 nitrogen and oxygen atoms in total. The van der Waals surface area contributed by atoms with Crippen LogP contribution in [0.25, 0.3) is 0 Å². The number of hydrogen-bond donors (Lipinski definition) is 1. The van der Waals surface area contributed by atoms with Gasteiger partial charge >= 0.3 is 6.09 Å². The van der Waals surface area contributed by atoms with Crippen molar-refractivity contribution in [1.82, 2.24) is 5.32 Å². The van der Waals surface area contributed by atoms with Crippen LogP contribution in [0.3, 0.4) is 0 Å². The average Bonchev–Trinajstić information content (AvgIpc) is 2.46. The molecule has 1 atom stereocenters. The first kappa shape index (κ1) is 16.9. The predicted octanol–water partition coefficient (Wildman–Crippen LogP) is 5.03. The summed E-state index contributed by atoms with van der Waals surface area (Å²) in [4.78, 5) is 11.9. The molecular weight excluding hydrogens is 352 g/mol. The molecule has 116 valence electrons. The van der Waals surface area contributed by atoms with Gasteiger partial charge in [0.2, 0.25) is 3.79 Å². The molecule has 0 spiro atoms. The highest BCUT2D eigenvalue weighted by Crippen LogP contribution is 2.39. The number of alkyl halides is 3. The van der Waals surface area contributed by atoms with E-state index in [9.17, 15) is 9.18 Å². The summed E-state index contributed by atoms with van der Waals surface area (Å²) in [7, 11) is 0. The van der Waals surface area contributed by atoms with E-state index in [0.29, 0.717) is 11.3 Å². The Kier molecular flexibility index (Phi) is 5.51. The molecule has 0 unspecified atom stereocenters. The number of ether oxygens (including phenoxy) is 1. The van der Waals surface area contributed by atoms with Gasteiger partial charge in [0.15, 0.2) is 0 Å². The maximum absolute atomic E-state index is 13.0. The lowest BCUT2D eigenvalue weighted by atomic mass is 10.1. The zero-order valence-corrected chi connectivity index (χ0v) is 13.4. The van der Waals surface area contributed by atoms with E-state index in [1.54, 1.807) is 30.3 Å². The van der Waals surface area contributed by atoms with Crippen molar-refractivity contribution in [3.63, 3.8) is 0 Å². The van der Waals surface area contributed by atoms with Gasteiger partial charge in [-0.1, -0.05) is 65.1 Å². The molecule has 0 saturated heterocycles. The Morgan fingerprint density at radius 3 is 2.18 bits per heavy atom. The van der Waals surface area contributed by atoms with Crippen LogP contribution in [0.4, 0.5) is 9.18 Å². The fourth-order valence-corrected chi connectivity index (χ4v) is 2.29. The number of halogens is 4. The number of amides is 1. The van der Waals surface area contributed by atoms with E-state index in [4.69, 9.17) is 39.5 Å². The Bertz CT molecular complexity index is 629. The summed E-state index contributed by atoms with van der Waals surface area (Å²) in [6.07, 6.45) is -0.785. The molecule has 0 heterocycles. The lowest BCUT2D eigenvalue weighted by Crippen LogP contribution is -2.38. The van der Waals surface area contributed by atoms with Crippen LogP contribution in [0.15, 0.2) is 54.6 Å². The van der Waals surface area contributed by atoms with Crippen LogP contribution in [0.1, 0.15) is 11.6 Å². The van der Waals surface area contributed by atoms with Crippen LogP contribution in [0.2, 0.25) is 0 Å². The quantitative estimate of drug-likeness (QED) is 0.778. The summed E-state index contributed by atoms with van der Waals surface area (Å²) < 4.78 is 16.2. The summed E-state index contributed by atoms with van der Waals surface area (Å²) in [5, 5.41) is 2.46. The van der Waals surface area contributed by atoms with Gasteiger partial charge in [-0.15, -0.1) is 0 Å². The van der Waals surface area contributed by atoms with Crippen molar-refractivity contribution in [1.29, 1.82) is 0 Å². The third-order valence-corrected chi connectivity index (χ3v) is 3.40. The predicted molar refractivity (Wildman–Crippen MR) is 85.0 cm³/mol. The molecule has 1 amide bonds. The first-order chi connectivity index (χ1) is 10.4. The van der Waals surface area contributed by atoms with E-state index in [-0.39, 0.29) is 0 Å². The Balaban J connectivity index is 2.13. The van der Waals surface area contributed by atoms with E-state index in [0.717, 1.165) is 0 Å². The van der Waals surface area contributed by atoms with Crippen molar-refractivity contribution in [2.45, 2.75) is 9.83 Å². The summed E-state index contributed by atoms with van der Waals surface area (Å²) >= 11 is 17.7. The number of carbonyl (C=O) groups excluding carboxylic acids is 1. The minimum absolute atomic E-state index is 0.349. The smallest absolute Gasteiger partial charge is 0.410 e. The second-order valence-corrected chi connectivity index (χ2v) is 6.74. The summed E-state index contributed by atoms with van der Waals surface area (Å²) in [6.45, 7) is 0. The number of rotatable bonds is 3. The second kappa shape index (κ2) is 7.18. The Labute approximate surface area is 141 Å². The van der Waals surface area contributed by atoms with Crippen molar-refractivity contribution in [2.75, 3.05) is 0 Å². The molecule has 0 fully saturated rings. The zero-order chi connectivity index (χ0) is 16.2. The van der Waals surface area contributed by atoms with Crippen molar-refractivity contribution in [2.24, 2.45) is 0 Å². The second-order valence-electron chi connectivity index (χ2n) is 4.37. The van der Waals surface area contributed by atoms with Gasteiger partial charge < -0.3 is 10.1 Å². The first-order valence-corrected chi connectivity index (χ1v) is 7.35. The van der Waals surface area contributed by atoms with Gasteiger partial charge in [0, 0.05) is 0 Å². The van der Waals surface area contributed by atoms with Crippen LogP contribution in [-0.4, -0.2) is 9.89 Å². The molecule has 0 aliphatic carbocycles. The van der Waals surface area contributed by atoms with Crippen molar-refractivity contribution in [3.8, 4) is 5.75 Å². The van der Waals surface area contributed by atoms with Crippen LogP contribution in [-0.2, 0) is 0 Å². The molecule has 2 rings (SSSR count). The van der Waals surface area contributed by atoms with E-state index in [2.05, 4.69) is 5.32 Å². The molecule has 0 aliphatic rings. The number of nitrogens with one attached hydrogen (secondary N) is 1. The Hall–Kier alpha value is -1.49. The van der Waals surface area contributed by atoms with Crippen LogP contribution < -0.4 is 10.1 Å². The molecule has 0 bridgehead atoms. The molecule has 0 saturated carbocycles. The van der Waals surface area contributed by atoms with Gasteiger partial charge in [-0.2, -0.15) is 0 Å². The van der Waals surface area contributed by atoms with Gasteiger partial charge in [0.05, 0.1) is 0 Å². The molecule has 1 N–H and O–H groups in total. The van der Waals surface area contributed by atoms with Crippen molar-refractivity contribution >= 4 is 40.9 Å². The molecule has 22 heavy (non-hydrogen) atoms. The minimum Gasteiger partial charge on any atom is -0.410 e. The van der Waals surface area contributed by atoms with E-state index < -0.39 is 21.7 Å². The highest BCUT2D eigenvalue weighted by molar-refractivity contribution is 6.68. The number of hydrogen-bond acceptors (Lipinski definition) is 2. The van der Waals surface area contributed by atoms with E-state index in [1.807, 2.05) is 0 Å². The monoisotopic (exact) mass is 361 g/mol. The third kappa shape index (κ3) is 4.77. The van der Waals surface area contributed by atoms with E-state index in [1.165, 1.54) is 24.3 Å². The molecule has 2 aromatic carbocycles. The highest BCUT2D eigenvalue weighted by Gasteiger charge is 2.35. The number of para-hydroxylation sites is 1. The lowest BCUT2D eigenvalue weighted by molar-refractivity contribution is 0.196. The minimum atomic E-state index is -1.83. The molecule has 0 aliphatic heterocycles. The van der Waals surface area contributed by atoms with Crippen LogP contribution >= 0.6 is 34.8 Å². The molecule has 0 aromatic heterocycles. The molecular formula is C15H11Cl3FNO2. The lowest BCUT2D eigenvalue weighted by Gasteiger charge is -2.25. The summed E-state index contributed by atoms with van der Waals surface area (Å²) in [5.74, 6) is -0.0825. The van der Waals surface area contributed by atoms with Crippen molar-refractivity contribution in [3.05, 3.63) is 66.0 Å². The largest absolute Gasteiger partial charge is 0.413 e. The van der Waals surface area contributed by atoms with Crippen LogP contribution in [0, 0.1) is 5.82 Å². The maximum Gasteiger partial charge on any atom is 0.413 e. The fraction of sp³-hybridized carbons (Fsp3) is 0.133. The Morgan fingerprint density at radius 2 is 1.64 bits per heavy atom. The highest BCUT2D eigenvalue weighted by atomic mass is 35.6. The van der Waals surface area contributed by atoms with Gasteiger partial charge in [0.25, 0.3) is 0 Å². The summed E-state index contributed by atoms with van der Waals surface area (Å²) in [6, 6.07) is 12.7. The number of benzene rings is 2. The number of carbonyl (C=O) groups is 1. The van der Waals surface area contributed by atoms with Gasteiger partial charge in [-0.25, -0.2) is 9.18 Å². The average molecular weight is 363 g/mol. The topological polar surface area (TPSA) is 38.3 Å². The third-order valence-electron chi connectivity index (χ3n) is 2.75. The first-order valence-electron chi connectivity index (χ1n) is 6.22.